The predicted octanol–water partition coefficient (Wildman–Crippen LogP) is 3.31. The fourth-order valence-electron chi connectivity index (χ4n) is 2.53. The second-order valence-electron chi connectivity index (χ2n) is 5.55. The zero-order valence-corrected chi connectivity index (χ0v) is 13.6. The first-order valence-electron chi connectivity index (χ1n) is 7.31. The molecule has 1 aromatic carbocycles. The van der Waals surface area contributed by atoms with E-state index in [1.807, 2.05) is 31.2 Å². The molecular formula is C16H20BrNO3. The second-order valence-corrected chi connectivity index (χ2v) is 6.46. The number of carboxylic acids is 1. The van der Waals surface area contributed by atoms with Crippen LogP contribution in [0.5, 0.6) is 0 Å². The fourth-order valence-corrected chi connectivity index (χ4v) is 2.95. The highest BCUT2D eigenvalue weighted by molar-refractivity contribution is 9.10. The van der Waals surface area contributed by atoms with Crippen molar-refractivity contribution in [2.24, 2.45) is 5.92 Å². The average molecular weight is 354 g/mol. The van der Waals surface area contributed by atoms with E-state index in [9.17, 15) is 9.59 Å². The lowest BCUT2D eigenvalue weighted by Gasteiger charge is -2.14. The molecule has 4 nitrogen and oxygen atoms in total. The third-order valence-corrected chi connectivity index (χ3v) is 4.36. The Kier molecular flexibility index (Phi) is 5.39. The molecule has 5 heteroatoms. The molecule has 21 heavy (non-hydrogen) atoms. The minimum Gasteiger partial charge on any atom is -0.480 e. The van der Waals surface area contributed by atoms with Gasteiger partial charge in [0.05, 0.1) is 0 Å². The monoisotopic (exact) mass is 353 g/mol. The lowest BCUT2D eigenvalue weighted by atomic mass is 10.1. The number of carbonyl (C=O) groups is 2. The highest BCUT2D eigenvalue weighted by Crippen LogP contribution is 2.48. The third kappa shape index (κ3) is 4.30. The van der Waals surface area contributed by atoms with Crippen LogP contribution in [0.1, 0.15) is 44.1 Å². The number of halogens is 1. The summed E-state index contributed by atoms with van der Waals surface area (Å²) in [6, 6.07) is 7.17. The van der Waals surface area contributed by atoms with E-state index in [-0.39, 0.29) is 17.7 Å². The SMILES string of the molecule is CCCC[C@H](NC(=O)C1CC1c1cccc(Br)c1)C(=O)O. The molecule has 0 aromatic heterocycles. The Morgan fingerprint density at radius 3 is 2.86 bits per heavy atom. The highest BCUT2D eigenvalue weighted by Gasteiger charge is 2.44. The van der Waals surface area contributed by atoms with Crippen molar-refractivity contribution in [3.8, 4) is 0 Å². The normalized spacial score (nSPS) is 21.6. The molecule has 0 spiro atoms. The minimum absolute atomic E-state index is 0.0947. The quantitative estimate of drug-likeness (QED) is 0.790. The van der Waals surface area contributed by atoms with Gasteiger partial charge >= 0.3 is 5.97 Å². The smallest absolute Gasteiger partial charge is 0.326 e. The maximum Gasteiger partial charge on any atom is 0.326 e. The van der Waals surface area contributed by atoms with Gasteiger partial charge in [-0.15, -0.1) is 0 Å². The van der Waals surface area contributed by atoms with Gasteiger partial charge in [0.25, 0.3) is 0 Å². The van der Waals surface area contributed by atoms with E-state index >= 15 is 0 Å². The largest absolute Gasteiger partial charge is 0.480 e. The van der Waals surface area contributed by atoms with Crippen LogP contribution in [0.2, 0.25) is 0 Å². The van der Waals surface area contributed by atoms with Crippen LogP contribution in [0.25, 0.3) is 0 Å². The summed E-state index contributed by atoms with van der Waals surface area (Å²) in [5.74, 6) is -0.967. The molecule has 2 rings (SSSR count). The second kappa shape index (κ2) is 7.07. The number of rotatable bonds is 7. The molecule has 0 saturated heterocycles. The van der Waals surface area contributed by atoms with Gasteiger partial charge < -0.3 is 10.4 Å². The summed E-state index contributed by atoms with van der Waals surface area (Å²) in [6.45, 7) is 2.00. The summed E-state index contributed by atoms with van der Waals surface area (Å²) in [6.07, 6.45) is 3.01. The number of benzene rings is 1. The number of unbranched alkanes of at least 4 members (excludes halogenated alkanes) is 1. The average Bonchev–Trinajstić information content (AvgIpc) is 3.23. The van der Waals surface area contributed by atoms with Gasteiger partial charge in [-0.1, -0.05) is 47.8 Å². The molecule has 1 fully saturated rings. The van der Waals surface area contributed by atoms with Crippen molar-refractivity contribution in [2.75, 3.05) is 0 Å². The molecule has 0 heterocycles. The van der Waals surface area contributed by atoms with Crippen LogP contribution in [0, 0.1) is 5.92 Å². The van der Waals surface area contributed by atoms with Gasteiger partial charge in [-0.25, -0.2) is 4.79 Å². The Morgan fingerprint density at radius 2 is 2.24 bits per heavy atom. The van der Waals surface area contributed by atoms with E-state index in [2.05, 4.69) is 21.2 Å². The Morgan fingerprint density at radius 1 is 1.48 bits per heavy atom. The zero-order chi connectivity index (χ0) is 15.4. The minimum atomic E-state index is -0.948. The van der Waals surface area contributed by atoms with Crippen LogP contribution in [-0.4, -0.2) is 23.0 Å². The molecule has 1 aliphatic rings. The van der Waals surface area contributed by atoms with Crippen molar-refractivity contribution in [2.45, 2.75) is 44.6 Å². The van der Waals surface area contributed by atoms with E-state index in [1.165, 1.54) is 0 Å². The van der Waals surface area contributed by atoms with Crippen molar-refractivity contribution < 1.29 is 14.7 Å². The standard InChI is InChI=1S/C16H20BrNO3/c1-2-3-7-14(16(20)21)18-15(19)13-9-12(13)10-5-4-6-11(17)8-10/h4-6,8,12-14H,2-3,7,9H2,1H3,(H,18,19)(H,20,21)/t12?,13?,14-/m0/s1. The molecule has 2 unspecified atom stereocenters. The lowest BCUT2D eigenvalue weighted by molar-refractivity contribution is -0.142. The van der Waals surface area contributed by atoms with Crippen molar-refractivity contribution in [3.63, 3.8) is 0 Å². The number of aliphatic carboxylic acids is 1. The Balaban J connectivity index is 1.91. The molecule has 1 saturated carbocycles. The van der Waals surface area contributed by atoms with Gasteiger partial charge in [-0.3, -0.25) is 4.79 Å². The summed E-state index contributed by atoms with van der Waals surface area (Å²) >= 11 is 3.42. The number of carbonyl (C=O) groups excluding carboxylic acids is 1. The van der Waals surface area contributed by atoms with Crippen molar-refractivity contribution in [1.82, 2.24) is 5.32 Å². The number of nitrogens with one attached hydrogen (secondary N) is 1. The van der Waals surface area contributed by atoms with E-state index in [0.717, 1.165) is 29.3 Å². The predicted molar refractivity (Wildman–Crippen MR) is 84.1 cm³/mol. The van der Waals surface area contributed by atoms with Crippen LogP contribution in [-0.2, 0) is 9.59 Å². The fraction of sp³-hybridized carbons (Fsp3) is 0.500. The molecule has 2 N–H and O–H groups in total. The third-order valence-electron chi connectivity index (χ3n) is 3.86. The van der Waals surface area contributed by atoms with Crippen LogP contribution >= 0.6 is 15.9 Å². The number of carboxylic acid groups (broad SMARTS) is 1. The summed E-state index contributed by atoms with van der Waals surface area (Å²) in [4.78, 5) is 23.3. The molecule has 0 aliphatic heterocycles. The van der Waals surface area contributed by atoms with E-state index in [4.69, 9.17) is 5.11 Å². The summed E-state index contributed by atoms with van der Waals surface area (Å²) in [5.41, 5.74) is 1.13. The number of hydrogen-bond donors (Lipinski definition) is 2. The van der Waals surface area contributed by atoms with Gasteiger partial charge in [0, 0.05) is 10.4 Å². The highest BCUT2D eigenvalue weighted by atomic mass is 79.9. The molecule has 1 amide bonds. The summed E-state index contributed by atoms with van der Waals surface area (Å²) in [5, 5.41) is 11.8. The Hall–Kier alpha value is -1.36. The maximum absolute atomic E-state index is 12.2. The van der Waals surface area contributed by atoms with E-state index in [0.29, 0.717) is 6.42 Å². The van der Waals surface area contributed by atoms with Crippen LogP contribution in [0.15, 0.2) is 28.7 Å². The molecule has 0 radical (unpaired) electrons. The van der Waals surface area contributed by atoms with Crippen molar-refractivity contribution in [1.29, 1.82) is 0 Å². The van der Waals surface area contributed by atoms with Gasteiger partial charge in [0.15, 0.2) is 0 Å². The van der Waals surface area contributed by atoms with E-state index < -0.39 is 12.0 Å². The number of hydrogen-bond acceptors (Lipinski definition) is 2. The first-order chi connectivity index (χ1) is 10.0. The van der Waals surface area contributed by atoms with Gasteiger partial charge in [0.1, 0.15) is 6.04 Å². The first kappa shape index (κ1) is 16.0. The zero-order valence-electron chi connectivity index (χ0n) is 12.0. The molecule has 0 bridgehead atoms. The first-order valence-corrected chi connectivity index (χ1v) is 8.11. The van der Waals surface area contributed by atoms with Gasteiger partial charge in [-0.2, -0.15) is 0 Å². The topological polar surface area (TPSA) is 66.4 Å². The van der Waals surface area contributed by atoms with Crippen LogP contribution in [0.3, 0.4) is 0 Å². The van der Waals surface area contributed by atoms with Gasteiger partial charge in [-0.05, 0) is 36.5 Å². The summed E-state index contributed by atoms with van der Waals surface area (Å²) < 4.78 is 0.998. The summed E-state index contributed by atoms with van der Waals surface area (Å²) in [7, 11) is 0. The molecular weight excluding hydrogens is 334 g/mol. The molecule has 1 aromatic rings. The molecule has 1 aliphatic carbocycles. The van der Waals surface area contributed by atoms with Crippen molar-refractivity contribution >= 4 is 27.8 Å². The van der Waals surface area contributed by atoms with Crippen molar-refractivity contribution in [3.05, 3.63) is 34.3 Å². The van der Waals surface area contributed by atoms with Gasteiger partial charge in [0.2, 0.25) is 5.91 Å². The van der Waals surface area contributed by atoms with Crippen LogP contribution < -0.4 is 5.32 Å². The number of amides is 1. The van der Waals surface area contributed by atoms with E-state index in [1.54, 1.807) is 0 Å². The Labute approximate surface area is 133 Å². The maximum atomic E-state index is 12.2. The lowest BCUT2D eigenvalue weighted by Crippen LogP contribution is -2.41. The molecule has 3 atom stereocenters. The molecule has 114 valence electrons. The Bertz CT molecular complexity index is 532. The van der Waals surface area contributed by atoms with Crippen LogP contribution in [0.4, 0.5) is 0 Å².